The number of morpholine rings is 1. The molecule has 0 bridgehead atoms. The molecule has 0 aliphatic carbocycles. The summed E-state index contributed by atoms with van der Waals surface area (Å²) in [4.78, 5) is 11.7. The summed E-state index contributed by atoms with van der Waals surface area (Å²) in [6, 6.07) is 0.136. The van der Waals surface area contributed by atoms with E-state index in [9.17, 15) is 4.79 Å². The summed E-state index contributed by atoms with van der Waals surface area (Å²) >= 11 is 1.39. The van der Waals surface area contributed by atoms with E-state index in [1.807, 2.05) is 0 Å². The molecule has 1 fully saturated rings. The lowest BCUT2D eigenvalue weighted by atomic mass is 10.2. The Labute approximate surface area is 115 Å². The molecule has 7 nitrogen and oxygen atoms in total. The Kier molecular flexibility index (Phi) is 5.49. The molecule has 2 heterocycles. The van der Waals surface area contributed by atoms with Gasteiger partial charge in [-0.05, 0) is 6.42 Å². The van der Waals surface area contributed by atoms with Gasteiger partial charge < -0.3 is 21.1 Å². The highest BCUT2D eigenvalue weighted by Gasteiger charge is 2.16. The smallest absolute Gasteiger partial charge is 0.221 e. The van der Waals surface area contributed by atoms with E-state index in [-0.39, 0.29) is 11.9 Å². The average molecular weight is 285 g/mol. The van der Waals surface area contributed by atoms with Crippen molar-refractivity contribution in [1.29, 1.82) is 0 Å². The highest BCUT2D eigenvalue weighted by molar-refractivity contribution is 7.15. The van der Waals surface area contributed by atoms with Gasteiger partial charge in [0.2, 0.25) is 11.0 Å². The second-order valence-electron chi connectivity index (χ2n) is 4.42. The molecule has 1 saturated heterocycles. The van der Waals surface area contributed by atoms with E-state index >= 15 is 0 Å². The fraction of sp³-hybridized carbons (Fsp3) is 0.727. The van der Waals surface area contributed by atoms with E-state index in [1.165, 1.54) is 11.3 Å². The molecule has 0 aromatic carbocycles. The Balaban J connectivity index is 1.56. The average Bonchev–Trinajstić information content (AvgIpc) is 2.82. The molecule has 0 saturated carbocycles. The lowest BCUT2D eigenvalue weighted by molar-refractivity contribution is -0.122. The Morgan fingerprint density at radius 3 is 3.16 bits per heavy atom. The molecule has 1 amide bonds. The number of hydrogen-bond donors (Lipinski definition) is 3. The minimum atomic E-state index is 0.0553. The highest BCUT2D eigenvalue weighted by Crippen LogP contribution is 2.12. The zero-order valence-electron chi connectivity index (χ0n) is 10.7. The molecule has 1 aliphatic heterocycles. The van der Waals surface area contributed by atoms with Crippen molar-refractivity contribution < 1.29 is 9.53 Å². The van der Waals surface area contributed by atoms with E-state index in [0.29, 0.717) is 24.7 Å². The molecular formula is C11H19N5O2S. The van der Waals surface area contributed by atoms with E-state index in [4.69, 9.17) is 10.5 Å². The van der Waals surface area contributed by atoms with Crippen LogP contribution >= 0.6 is 11.3 Å². The monoisotopic (exact) mass is 285 g/mol. The van der Waals surface area contributed by atoms with Gasteiger partial charge in [-0.1, -0.05) is 11.3 Å². The van der Waals surface area contributed by atoms with Gasteiger partial charge in [0.15, 0.2) is 0 Å². The first-order valence-electron chi connectivity index (χ1n) is 6.39. The number of carbonyl (C=O) groups is 1. The zero-order chi connectivity index (χ0) is 13.5. The zero-order valence-corrected chi connectivity index (χ0v) is 11.5. The van der Waals surface area contributed by atoms with Crippen molar-refractivity contribution >= 4 is 22.4 Å². The Morgan fingerprint density at radius 2 is 2.47 bits per heavy atom. The Bertz CT molecular complexity index is 406. The van der Waals surface area contributed by atoms with Gasteiger partial charge >= 0.3 is 0 Å². The molecule has 8 heteroatoms. The van der Waals surface area contributed by atoms with Crippen LogP contribution in [-0.4, -0.2) is 48.4 Å². The Hall–Kier alpha value is -1.25. The lowest BCUT2D eigenvalue weighted by Crippen LogP contribution is -2.44. The van der Waals surface area contributed by atoms with Crippen LogP contribution in [0.4, 0.5) is 5.13 Å². The number of carbonyl (C=O) groups excluding carboxylic acids is 1. The quantitative estimate of drug-likeness (QED) is 0.612. The number of aromatic nitrogens is 2. The number of nitrogens with one attached hydrogen (secondary N) is 2. The summed E-state index contributed by atoms with van der Waals surface area (Å²) in [6.45, 7) is 2.79. The van der Waals surface area contributed by atoms with Crippen molar-refractivity contribution in [3.63, 3.8) is 0 Å². The SMILES string of the molecule is Nc1nnc(CCCNC(=O)C[C@@H]2COCCN2)s1. The summed E-state index contributed by atoms with van der Waals surface area (Å²) in [5, 5.41) is 15.2. The summed E-state index contributed by atoms with van der Waals surface area (Å²) in [5.41, 5.74) is 5.49. The molecule has 19 heavy (non-hydrogen) atoms. The molecule has 1 atom stereocenters. The fourth-order valence-corrected chi connectivity index (χ4v) is 2.53. The van der Waals surface area contributed by atoms with Gasteiger partial charge in [0.25, 0.3) is 0 Å². The highest BCUT2D eigenvalue weighted by atomic mass is 32.1. The van der Waals surface area contributed by atoms with Crippen molar-refractivity contribution in [2.75, 3.05) is 32.0 Å². The van der Waals surface area contributed by atoms with Crippen LogP contribution in [0.15, 0.2) is 0 Å². The van der Waals surface area contributed by atoms with Crippen molar-refractivity contribution in [3.05, 3.63) is 5.01 Å². The van der Waals surface area contributed by atoms with E-state index in [0.717, 1.165) is 31.0 Å². The van der Waals surface area contributed by atoms with Crippen LogP contribution in [0.2, 0.25) is 0 Å². The third-order valence-corrected chi connectivity index (χ3v) is 3.61. The first-order valence-corrected chi connectivity index (χ1v) is 7.21. The van der Waals surface area contributed by atoms with Crippen LogP contribution in [0.25, 0.3) is 0 Å². The molecule has 0 spiro atoms. The molecule has 4 N–H and O–H groups in total. The lowest BCUT2D eigenvalue weighted by Gasteiger charge is -2.23. The minimum absolute atomic E-state index is 0.0553. The third kappa shape index (κ3) is 5.09. The molecule has 2 rings (SSSR count). The number of nitrogens with two attached hydrogens (primary N) is 1. The number of aryl methyl sites for hydroxylation is 1. The van der Waals surface area contributed by atoms with Gasteiger partial charge in [-0.3, -0.25) is 4.79 Å². The topological polar surface area (TPSA) is 102 Å². The summed E-state index contributed by atoms with van der Waals surface area (Å²) in [5.74, 6) is 0.0553. The van der Waals surface area contributed by atoms with Crippen molar-refractivity contribution in [2.24, 2.45) is 0 Å². The maximum atomic E-state index is 11.7. The second kappa shape index (κ2) is 7.37. The van der Waals surface area contributed by atoms with E-state index in [1.54, 1.807) is 0 Å². The number of anilines is 1. The van der Waals surface area contributed by atoms with Crippen LogP contribution in [0.3, 0.4) is 0 Å². The van der Waals surface area contributed by atoms with E-state index < -0.39 is 0 Å². The molecule has 106 valence electrons. The van der Waals surface area contributed by atoms with Crippen molar-refractivity contribution in [2.45, 2.75) is 25.3 Å². The van der Waals surface area contributed by atoms with Gasteiger partial charge in [-0.2, -0.15) is 0 Å². The predicted octanol–water partition coefficient (Wildman–Crippen LogP) is -0.452. The van der Waals surface area contributed by atoms with Gasteiger partial charge in [0.1, 0.15) is 5.01 Å². The van der Waals surface area contributed by atoms with Gasteiger partial charge in [-0.15, -0.1) is 10.2 Å². The predicted molar refractivity (Wildman–Crippen MR) is 72.9 cm³/mol. The van der Waals surface area contributed by atoms with Crippen LogP contribution in [-0.2, 0) is 16.0 Å². The Morgan fingerprint density at radius 1 is 1.58 bits per heavy atom. The fourth-order valence-electron chi connectivity index (χ4n) is 1.88. The van der Waals surface area contributed by atoms with Crippen LogP contribution in [0.5, 0.6) is 0 Å². The summed E-state index contributed by atoms with van der Waals surface area (Å²) in [6.07, 6.45) is 2.10. The number of amides is 1. The maximum absolute atomic E-state index is 11.7. The first kappa shape index (κ1) is 14.2. The van der Waals surface area contributed by atoms with Crippen molar-refractivity contribution in [3.8, 4) is 0 Å². The molecule has 1 aliphatic rings. The summed E-state index contributed by atoms with van der Waals surface area (Å²) < 4.78 is 5.30. The molecular weight excluding hydrogens is 266 g/mol. The van der Waals surface area contributed by atoms with Gasteiger partial charge in [0.05, 0.1) is 13.2 Å². The number of hydrogen-bond acceptors (Lipinski definition) is 7. The van der Waals surface area contributed by atoms with Crippen LogP contribution in [0.1, 0.15) is 17.8 Å². The number of ether oxygens (including phenoxy) is 1. The van der Waals surface area contributed by atoms with Gasteiger partial charge in [0, 0.05) is 32.0 Å². The molecule has 1 aromatic heterocycles. The van der Waals surface area contributed by atoms with Crippen LogP contribution in [0, 0.1) is 0 Å². The normalized spacial score (nSPS) is 19.3. The third-order valence-electron chi connectivity index (χ3n) is 2.80. The number of nitrogens with zero attached hydrogens (tertiary/aromatic N) is 2. The second-order valence-corrected chi connectivity index (χ2v) is 5.51. The minimum Gasteiger partial charge on any atom is -0.378 e. The number of nitrogen functional groups attached to an aromatic ring is 1. The largest absolute Gasteiger partial charge is 0.378 e. The van der Waals surface area contributed by atoms with Gasteiger partial charge in [-0.25, -0.2) is 0 Å². The maximum Gasteiger partial charge on any atom is 0.221 e. The number of rotatable bonds is 6. The van der Waals surface area contributed by atoms with Crippen LogP contribution < -0.4 is 16.4 Å². The standard InChI is InChI=1S/C11H19N5O2S/c12-11-16-15-10(19-11)2-1-3-14-9(17)6-8-7-18-5-4-13-8/h8,13H,1-7H2,(H2,12,16)(H,14,17)/t8-/m1/s1. The van der Waals surface area contributed by atoms with E-state index in [2.05, 4.69) is 20.8 Å². The first-order chi connectivity index (χ1) is 9.24. The summed E-state index contributed by atoms with van der Waals surface area (Å²) in [7, 11) is 0. The molecule has 1 aromatic rings. The molecule has 0 radical (unpaired) electrons. The molecule has 0 unspecified atom stereocenters. The van der Waals surface area contributed by atoms with Crippen molar-refractivity contribution in [1.82, 2.24) is 20.8 Å².